The fourth-order valence-corrected chi connectivity index (χ4v) is 1.69. The predicted molar refractivity (Wildman–Crippen MR) is 76.7 cm³/mol. The van der Waals surface area contributed by atoms with Crippen LogP contribution in [0.25, 0.3) is 0 Å². The lowest BCUT2D eigenvalue weighted by Gasteiger charge is -2.19. The first kappa shape index (κ1) is 15.3. The summed E-state index contributed by atoms with van der Waals surface area (Å²) in [4.78, 5) is 0. The summed E-state index contributed by atoms with van der Waals surface area (Å²) in [6, 6.07) is 5.62. The van der Waals surface area contributed by atoms with Crippen LogP contribution in [-0.4, -0.2) is 24.7 Å². The van der Waals surface area contributed by atoms with Crippen LogP contribution in [0.5, 0.6) is 5.75 Å². The van der Waals surface area contributed by atoms with Crippen LogP contribution in [0.4, 0.5) is 0 Å². The summed E-state index contributed by atoms with van der Waals surface area (Å²) in [5, 5.41) is 15.1. The molecule has 0 aliphatic carbocycles. The topological polar surface area (TPSA) is 79.9 Å². The van der Waals surface area contributed by atoms with Crippen LogP contribution in [0.2, 0.25) is 0 Å². The minimum Gasteiger partial charge on any atom is -0.496 e. The standard InChI is InChI=1S/C14H23N3O2/c1-14(2,3)9-16-8-10-5-6-11(13(15)17-18)12(7-10)19-4/h5-7,16,18H,8-9H2,1-4H3,(H2,15,17). The van der Waals surface area contributed by atoms with E-state index >= 15 is 0 Å². The van der Waals surface area contributed by atoms with Gasteiger partial charge in [0.15, 0.2) is 5.84 Å². The molecule has 0 spiro atoms. The second-order valence-electron chi connectivity index (χ2n) is 5.68. The molecular weight excluding hydrogens is 242 g/mol. The molecule has 1 aromatic carbocycles. The Morgan fingerprint density at radius 2 is 2.11 bits per heavy atom. The quantitative estimate of drug-likeness (QED) is 0.329. The zero-order valence-electron chi connectivity index (χ0n) is 12.0. The highest BCUT2D eigenvalue weighted by atomic mass is 16.5. The Labute approximate surface area is 114 Å². The Morgan fingerprint density at radius 3 is 2.63 bits per heavy atom. The van der Waals surface area contributed by atoms with Gasteiger partial charge in [0.05, 0.1) is 12.7 Å². The van der Waals surface area contributed by atoms with E-state index in [-0.39, 0.29) is 11.3 Å². The smallest absolute Gasteiger partial charge is 0.173 e. The van der Waals surface area contributed by atoms with Gasteiger partial charge >= 0.3 is 0 Å². The molecule has 4 N–H and O–H groups in total. The molecule has 1 rings (SSSR count). The molecule has 0 aromatic heterocycles. The third-order valence-electron chi connectivity index (χ3n) is 2.63. The molecule has 0 radical (unpaired) electrons. The van der Waals surface area contributed by atoms with Crippen LogP contribution in [-0.2, 0) is 6.54 Å². The van der Waals surface area contributed by atoms with Crippen molar-refractivity contribution in [2.75, 3.05) is 13.7 Å². The van der Waals surface area contributed by atoms with Crippen LogP contribution in [0, 0.1) is 5.41 Å². The molecular formula is C14H23N3O2. The summed E-state index contributed by atoms with van der Waals surface area (Å²) in [5.74, 6) is 0.649. The minimum absolute atomic E-state index is 0.0473. The molecule has 0 atom stereocenters. The summed E-state index contributed by atoms with van der Waals surface area (Å²) in [5.41, 5.74) is 7.51. The lowest BCUT2D eigenvalue weighted by Crippen LogP contribution is -2.26. The highest BCUT2D eigenvalue weighted by Gasteiger charge is 2.11. The van der Waals surface area contributed by atoms with Crippen molar-refractivity contribution in [3.8, 4) is 5.75 Å². The van der Waals surface area contributed by atoms with Crippen molar-refractivity contribution in [2.24, 2.45) is 16.3 Å². The van der Waals surface area contributed by atoms with Crippen LogP contribution in [0.1, 0.15) is 31.9 Å². The lowest BCUT2D eigenvalue weighted by atomic mass is 9.97. The van der Waals surface area contributed by atoms with Crippen LogP contribution >= 0.6 is 0 Å². The number of nitrogens with zero attached hydrogens (tertiary/aromatic N) is 1. The molecule has 19 heavy (non-hydrogen) atoms. The summed E-state index contributed by atoms with van der Waals surface area (Å²) in [7, 11) is 1.57. The molecule has 0 heterocycles. The largest absolute Gasteiger partial charge is 0.496 e. The van der Waals surface area contributed by atoms with E-state index in [1.165, 1.54) is 0 Å². The number of oxime groups is 1. The average molecular weight is 265 g/mol. The van der Waals surface area contributed by atoms with Crippen molar-refractivity contribution in [1.29, 1.82) is 0 Å². The van der Waals surface area contributed by atoms with E-state index in [1.807, 2.05) is 12.1 Å². The molecule has 0 amide bonds. The Balaban J connectivity index is 2.77. The van der Waals surface area contributed by atoms with E-state index < -0.39 is 0 Å². The maximum atomic E-state index is 8.70. The molecule has 0 unspecified atom stereocenters. The molecule has 106 valence electrons. The molecule has 5 nitrogen and oxygen atoms in total. The van der Waals surface area contributed by atoms with E-state index in [4.69, 9.17) is 15.7 Å². The molecule has 0 fully saturated rings. The van der Waals surface area contributed by atoms with Gasteiger partial charge in [-0.2, -0.15) is 0 Å². The molecule has 5 heteroatoms. The van der Waals surface area contributed by atoms with E-state index in [0.29, 0.717) is 11.3 Å². The van der Waals surface area contributed by atoms with E-state index in [1.54, 1.807) is 13.2 Å². The first-order valence-electron chi connectivity index (χ1n) is 6.23. The molecule has 1 aromatic rings. The Morgan fingerprint density at radius 1 is 1.42 bits per heavy atom. The molecule has 0 saturated carbocycles. The van der Waals surface area contributed by atoms with Crippen molar-refractivity contribution in [3.05, 3.63) is 29.3 Å². The summed E-state index contributed by atoms with van der Waals surface area (Å²) in [6.07, 6.45) is 0. The van der Waals surface area contributed by atoms with Gasteiger partial charge < -0.3 is 21.0 Å². The fraction of sp³-hybridized carbons (Fsp3) is 0.500. The van der Waals surface area contributed by atoms with E-state index in [9.17, 15) is 0 Å². The second-order valence-corrected chi connectivity index (χ2v) is 5.68. The second kappa shape index (κ2) is 6.43. The maximum absolute atomic E-state index is 8.70. The molecule has 0 bridgehead atoms. The zero-order valence-corrected chi connectivity index (χ0v) is 12.0. The summed E-state index contributed by atoms with van der Waals surface area (Å²) in [6.45, 7) is 8.23. The highest BCUT2D eigenvalue weighted by Crippen LogP contribution is 2.20. The van der Waals surface area contributed by atoms with Crippen LogP contribution in [0.3, 0.4) is 0 Å². The first-order chi connectivity index (χ1) is 8.87. The van der Waals surface area contributed by atoms with Gasteiger partial charge in [-0.05, 0) is 23.1 Å². The number of benzene rings is 1. The number of nitrogens with one attached hydrogen (secondary N) is 1. The number of amidine groups is 1. The van der Waals surface area contributed by atoms with Crippen molar-refractivity contribution in [1.82, 2.24) is 5.32 Å². The minimum atomic E-state index is 0.0473. The van der Waals surface area contributed by atoms with Crippen LogP contribution in [0.15, 0.2) is 23.4 Å². The molecule has 0 aliphatic rings. The van der Waals surface area contributed by atoms with Crippen molar-refractivity contribution >= 4 is 5.84 Å². The first-order valence-corrected chi connectivity index (χ1v) is 6.23. The Kier molecular flexibility index (Phi) is 5.18. The number of ether oxygens (including phenoxy) is 1. The Hall–Kier alpha value is -1.75. The third kappa shape index (κ3) is 4.79. The number of hydrogen-bond donors (Lipinski definition) is 3. The van der Waals surface area contributed by atoms with Gasteiger partial charge in [0, 0.05) is 13.1 Å². The fourth-order valence-electron chi connectivity index (χ4n) is 1.69. The number of rotatable bonds is 5. The van der Waals surface area contributed by atoms with Crippen molar-refractivity contribution < 1.29 is 9.94 Å². The van der Waals surface area contributed by atoms with Gasteiger partial charge in [0.2, 0.25) is 0 Å². The van der Waals surface area contributed by atoms with Gasteiger partial charge in [-0.3, -0.25) is 0 Å². The number of hydrogen-bond acceptors (Lipinski definition) is 4. The van der Waals surface area contributed by atoms with Crippen LogP contribution < -0.4 is 15.8 Å². The monoisotopic (exact) mass is 265 g/mol. The number of nitrogens with two attached hydrogens (primary N) is 1. The average Bonchev–Trinajstić information content (AvgIpc) is 2.36. The highest BCUT2D eigenvalue weighted by molar-refractivity contribution is 5.99. The maximum Gasteiger partial charge on any atom is 0.173 e. The third-order valence-corrected chi connectivity index (χ3v) is 2.63. The van der Waals surface area contributed by atoms with E-state index in [0.717, 1.165) is 18.7 Å². The zero-order chi connectivity index (χ0) is 14.5. The van der Waals surface area contributed by atoms with Crippen molar-refractivity contribution in [2.45, 2.75) is 27.3 Å². The molecule has 0 aliphatic heterocycles. The van der Waals surface area contributed by atoms with E-state index in [2.05, 4.69) is 31.2 Å². The molecule has 0 saturated heterocycles. The summed E-state index contributed by atoms with van der Waals surface area (Å²) < 4.78 is 5.26. The predicted octanol–water partition coefficient (Wildman–Crippen LogP) is 1.93. The van der Waals surface area contributed by atoms with Gasteiger partial charge in [0.25, 0.3) is 0 Å². The van der Waals surface area contributed by atoms with Gasteiger partial charge in [0.1, 0.15) is 5.75 Å². The summed E-state index contributed by atoms with van der Waals surface area (Å²) >= 11 is 0. The van der Waals surface area contributed by atoms with Gasteiger partial charge in [-0.1, -0.05) is 32.0 Å². The van der Waals surface area contributed by atoms with Gasteiger partial charge in [-0.15, -0.1) is 0 Å². The lowest BCUT2D eigenvalue weighted by molar-refractivity contribution is 0.318. The normalized spacial score (nSPS) is 12.5. The van der Waals surface area contributed by atoms with Gasteiger partial charge in [-0.25, -0.2) is 0 Å². The Bertz CT molecular complexity index is 450. The SMILES string of the molecule is COc1cc(CNCC(C)(C)C)ccc1/C(N)=N/O. The number of methoxy groups -OCH3 is 1. The van der Waals surface area contributed by atoms with Crippen molar-refractivity contribution in [3.63, 3.8) is 0 Å².